The third-order valence-corrected chi connectivity index (χ3v) is 4.99. The highest BCUT2D eigenvalue weighted by Gasteiger charge is 2.19. The second kappa shape index (κ2) is 10.9. The van der Waals surface area contributed by atoms with Crippen LogP contribution in [-0.2, 0) is 6.54 Å². The van der Waals surface area contributed by atoms with Gasteiger partial charge in [-0.05, 0) is 29.8 Å². The van der Waals surface area contributed by atoms with Gasteiger partial charge < -0.3 is 24.0 Å². The highest BCUT2D eigenvalue weighted by molar-refractivity contribution is 5.85. The Hall–Kier alpha value is -2.64. The molecular weight excluding hydrogens is 406 g/mol. The fourth-order valence-electron chi connectivity index (χ4n) is 3.31. The number of hydrogen-bond acceptors (Lipinski definition) is 6. The van der Waals surface area contributed by atoms with Gasteiger partial charge in [-0.15, -0.1) is 12.4 Å². The first-order chi connectivity index (χ1) is 14.0. The largest absolute Gasteiger partial charge is 0.497 e. The molecule has 0 saturated carbocycles. The lowest BCUT2D eigenvalue weighted by atomic mass is 10.1. The van der Waals surface area contributed by atoms with Crippen molar-refractivity contribution < 1.29 is 19.0 Å². The molecule has 1 amide bonds. The van der Waals surface area contributed by atoms with E-state index in [1.165, 1.54) is 10.6 Å². The first kappa shape index (κ1) is 23.6. The minimum absolute atomic E-state index is 0. The van der Waals surface area contributed by atoms with Gasteiger partial charge in [0.2, 0.25) is 0 Å². The first-order valence-electron chi connectivity index (χ1n) is 9.67. The van der Waals surface area contributed by atoms with Gasteiger partial charge >= 0.3 is 6.09 Å². The number of nitrogens with zero attached hydrogens (tertiary/aromatic N) is 3. The average molecular weight is 436 g/mol. The molecule has 0 atom stereocenters. The number of piperazine rings is 1. The van der Waals surface area contributed by atoms with Crippen molar-refractivity contribution in [3.63, 3.8) is 0 Å². The predicted octanol–water partition coefficient (Wildman–Crippen LogP) is 3.51. The smallest absolute Gasteiger partial charge is 0.414 e. The number of hydrogen-bond donors (Lipinski definition) is 0. The summed E-state index contributed by atoms with van der Waals surface area (Å²) in [6.07, 6.45) is -0.426. The van der Waals surface area contributed by atoms with Crippen molar-refractivity contribution in [1.29, 1.82) is 0 Å². The summed E-state index contributed by atoms with van der Waals surface area (Å²) in [5.74, 6) is 1.87. The molecular formula is C22H30ClN3O4. The van der Waals surface area contributed by atoms with Crippen LogP contribution in [0.2, 0.25) is 0 Å². The molecule has 0 bridgehead atoms. The Bertz CT molecular complexity index is 839. The number of methoxy groups -OCH3 is 2. The Kier molecular flexibility index (Phi) is 8.62. The van der Waals surface area contributed by atoms with Crippen LogP contribution >= 0.6 is 12.4 Å². The minimum Gasteiger partial charge on any atom is -0.497 e. The number of carbonyl (C=O) groups is 1. The topological polar surface area (TPSA) is 54.5 Å². The SMILES string of the molecule is COc1cccc(N2CCN(Cc3ccc(OC(=O)N(C)C)c(OC)c3)CC2)c1.Cl. The molecule has 0 N–H and O–H groups in total. The summed E-state index contributed by atoms with van der Waals surface area (Å²) >= 11 is 0. The summed E-state index contributed by atoms with van der Waals surface area (Å²) in [6, 6.07) is 13.9. The van der Waals surface area contributed by atoms with Gasteiger partial charge in [0.15, 0.2) is 11.5 Å². The highest BCUT2D eigenvalue weighted by Crippen LogP contribution is 2.29. The zero-order chi connectivity index (χ0) is 20.8. The van der Waals surface area contributed by atoms with Crippen LogP contribution in [0.1, 0.15) is 5.56 Å². The maximum Gasteiger partial charge on any atom is 0.414 e. The number of halogens is 1. The molecule has 1 heterocycles. The summed E-state index contributed by atoms with van der Waals surface area (Å²) in [5, 5.41) is 0. The minimum atomic E-state index is -0.426. The Morgan fingerprint density at radius 1 is 0.967 bits per heavy atom. The molecule has 164 valence electrons. The molecule has 8 heteroatoms. The van der Waals surface area contributed by atoms with E-state index in [4.69, 9.17) is 14.2 Å². The Labute approximate surface area is 184 Å². The van der Waals surface area contributed by atoms with E-state index in [-0.39, 0.29) is 12.4 Å². The number of carbonyl (C=O) groups excluding carboxylic acids is 1. The lowest BCUT2D eigenvalue weighted by molar-refractivity contribution is 0.170. The van der Waals surface area contributed by atoms with E-state index in [2.05, 4.69) is 21.9 Å². The van der Waals surface area contributed by atoms with Gasteiger partial charge in [0.05, 0.1) is 14.2 Å². The number of ether oxygens (including phenoxy) is 3. The summed E-state index contributed by atoms with van der Waals surface area (Å²) < 4.78 is 16.1. The van der Waals surface area contributed by atoms with Crippen LogP contribution in [-0.4, -0.2) is 70.4 Å². The molecule has 1 aliphatic heterocycles. The highest BCUT2D eigenvalue weighted by atomic mass is 35.5. The van der Waals surface area contributed by atoms with E-state index in [1.54, 1.807) is 34.4 Å². The van der Waals surface area contributed by atoms with E-state index in [0.717, 1.165) is 44.0 Å². The van der Waals surface area contributed by atoms with Gasteiger partial charge in [-0.2, -0.15) is 0 Å². The standard InChI is InChI=1S/C22H29N3O4.ClH/c1-23(2)22(26)29-20-9-8-17(14-21(20)28-4)16-24-10-12-25(13-11-24)18-6-5-7-19(15-18)27-3;/h5-9,14-15H,10-13,16H2,1-4H3;1H. The van der Waals surface area contributed by atoms with E-state index in [0.29, 0.717) is 11.5 Å². The fraction of sp³-hybridized carbons (Fsp3) is 0.409. The molecule has 3 rings (SSSR count). The third kappa shape index (κ3) is 5.93. The molecule has 0 aromatic heterocycles. The molecule has 30 heavy (non-hydrogen) atoms. The van der Waals surface area contributed by atoms with Crippen molar-refractivity contribution in [2.45, 2.75) is 6.54 Å². The Morgan fingerprint density at radius 2 is 1.70 bits per heavy atom. The summed E-state index contributed by atoms with van der Waals surface area (Å²) in [6.45, 7) is 4.68. The summed E-state index contributed by atoms with van der Waals surface area (Å²) in [5.41, 5.74) is 2.32. The number of anilines is 1. The van der Waals surface area contributed by atoms with Crippen molar-refractivity contribution in [2.75, 3.05) is 59.4 Å². The number of amides is 1. The zero-order valence-corrected chi connectivity index (χ0v) is 18.8. The average Bonchev–Trinajstić information content (AvgIpc) is 2.75. The van der Waals surface area contributed by atoms with Gasteiger partial charge in [0, 0.05) is 58.6 Å². The second-order valence-electron chi connectivity index (χ2n) is 7.21. The van der Waals surface area contributed by atoms with Crippen molar-refractivity contribution >= 4 is 24.2 Å². The van der Waals surface area contributed by atoms with Crippen LogP contribution in [0.4, 0.5) is 10.5 Å². The molecule has 2 aromatic rings. The van der Waals surface area contributed by atoms with E-state index < -0.39 is 6.09 Å². The van der Waals surface area contributed by atoms with Crippen LogP contribution in [0.15, 0.2) is 42.5 Å². The third-order valence-electron chi connectivity index (χ3n) is 4.99. The summed E-state index contributed by atoms with van der Waals surface area (Å²) in [4.78, 5) is 18.0. The van der Waals surface area contributed by atoms with Gasteiger partial charge in [-0.1, -0.05) is 12.1 Å². The van der Waals surface area contributed by atoms with E-state index >= 15 is 0 Å². The fourth-order valence-corrected chi connectivity index (χ4v) is 3.31. The van der Waals surface area contributed by atoms with Gasteiger partial charge in [0.25, 0.3) is 0 Å². The molecule has 0 spiro atoms. The van der Waals surface area contributed by atoms with Gasteiger partial charge in [0.1, 0.15) is 5.75 Å². The van der Waals surface area contributed by atoms with Crippen LogP contribution in [0, 0.1) is 0 Å². The summed E-state index contributed by atoms with van der Waals surface area (Å²) in [7, 11) is 6.57. The molecule has 1 aliphatic rings. The Morgan fingerprint density at radius 3 is 2.33 bits per heavy atom. The van der Waals surface area contributed by atoms with E-state index in [9.17, 15) is 4.79 Å². The lowest BCUT2D eigenvalue weighted by Crippen LogP contribution is -2.45. The second-order valence-corrected chi connectivity index (χ2v) is 7.21. The maximum atomic E-state index is 11.8. The van der Waals surface area contributed by atoms with Crippen LogP contribution in [0.5, 0.6) is 17.2 Å². The normalized spacial score (nSPS) is 13.9. The van der Waals surface area contributed by atoms with Crippen molar-refractivity contribution in [1.82, 2.24) is 9.80 Å². The maximum absolute atomic E-state index is 11.8. The first-order valence-corrected chi connectivity index (χ1v) is 9.67. The van der Waals surface area contributed by atoms with Crippen LogP contribution in [0.25, 0.3) is 0 Å². The monoisotopic (exact) mass is 435 g/mol. The predicted molar refractivity (Wildman–Crippen MR) is 120 cm³/mol. The number of benzene rings is 2. The van der Waals surface area contributed by atoms with Crippen molar-refractivity contribution in [3.8, 4) is 17.2 Å². The molecule has 1 saturated heterocycles. The molecule has 0 radical (unpaired) electrons. The molecule has 7 nitrogen and oxygen atoms in total. The van der Waals surface area contributed by atoms with Crippen molar-refractivity contribution in [2.24, 2.45) is 0 Å². The molecule has 0 aliphatic carbocycles. The number of rotatable bonds is 6. The van der Waals surface area contributed by atoms with Gasteiger partial charge in [-0.3, -0.25) is 4.90 Å². The van der Waals surface area contributed by atoms with Crippen molar-refractivity contribution in [3.05, 3.63) is 48.0 Å². The van der Waals surface area contributed by atoms with E-state index in [1.807, 2.05) is 24.3 Å². The van der Waals surface area contributed by atoms with Gasteiger partial charge in [-0.25, -0.2) is 4.79 Å². The quantitative estimate of drug-likeness (QED) is 0.692. The lowest BCUT2D eigenvalue weighted by Gasteiger charge is -2.36. The molecule has 2 aromatic carbocycles. The zero-order valence-electron chi connectivity index (χ0n) is 18.0. The molecule has 0 unspecified atom stereocenters. The van der Waals surface area contributed by atoms with Crippen LogP contribution < -0.4 is 19.1 Å². The van der Waals surface area contributed by atoms with Crippen LogP contribution in [0.3, 0.4) is 0 Å². The molecule has 1 fully saturated rings. The Balaban J connectivity index is 0.00000320.